The van der Waals surface area contributed by atoms with Gasteiger partial charge in [0.05, 0.1) is 6.61 Å². The monoisotopic (exact) mass is 458 g/mol. The molecule has 5 atom stereocenters. The zero-order valence-corrected chi connectivity index (χ0v) is 17.4. The maximum atomic E-state index is 11.7. The second-order valence-electron chi connectivity index (χ2n) is 6.24. The zero-order valence-electron chi connectivity index (χ0n) is 15.8. The van der Waals surface area contributed by atoms with E-state index in [0.717, 1.165) is 5.56 Å². The molecule has 8 nitrogen and oxygen atoms in total. The normalized spacial score (nSPS) is 26.9. The van der Waals surface area contributed by atoms with Crippen molar-refractivity contribution in [3.63, 3.8) is 0 Å². The fraction of sp³-hybridized carbons (Fsp3) is 0.526. The molecular weight excluding hydrogens is 436 g/mol. The summed E-state index contributed by atoms with van der Waals surface area (Å²) in [5.41, 5.74) is 0.912. The van der Waals surface area contributed by atoms with Crippen LogP contribution in [0.4, 0.5) is 0 Å². The van der Waals surface area contributed by atoms with Gasteiger partial charge in [0.1, 0.15) is 23.8 Å². The summed E-state index contributed by atoms with van der Waals surface area (Å²) < 4.78 is 27.5. The number of rotatable bonds is 7. The van der Waals surface area contributed by atoms with E-state index in [1.807, 2.05) is 30.3 Å². The second kappa shape index (κ2) is 10.5. The van der Waals surface area contributed by atoms with E-state index >= 15 is 0 Å². The van der Waals surface area contributed by atoms with E-state index in [9.17, 15) is 14.4 Å². The van der Waals surface area contributed by atoms with Crippen LogP contribution in [0.15, 0.2) is 30.3 Å². The summed E-state index contributed by atoms with van der Waals surface area (Å²) in [5, 5.41) is -0.687. The molecule has 9 heteroatoms. The van der Waals surface area contributed by atoms with Gasteiger partial charge in [0.2, 0.25) is 0 Å². The van der Waals surface area contributed by atoms with Crippen molar-refractivity contribution in [2.24, 2.45) is 0 Å². The third-order valence-corrected chi connectivity index (χ3v) is 4.65. The van der Waals surface area contributed by atoms with Crippen LogP contribution < -0.4 is 0 Å². The summed E-state index contributed by atoms with van der Waals surface area (Å²) in [7, 11) is 0. The molecule has 1 heterocycles. The molecule has 28 heavy (non-hydrogen) atoms. The quantitative estimate of drug-likeness (QED) is 0.348. The van der Waals surface area contributed by atoms with Gasteiger partial charge in [0, 0.05) is 20.8 Å². The predicted octanol–water partition coefficient (Wildman–Crippen LogP) is 2.12. The third-order valence-electron chi connectivity index (χ3n) is 3.92. The molecule has 0 aromatic heterocycles. The van der Waals surface area contributed by atoms with Crippen molar-refractivity contribution >= 4 is 33.8 Å². The molecule has 0 radical (unpaired) electrons. The number of alkyl halides is 1. The zero-order chi connectivity index (χ0) is 20.7. The van der Waals surface area contributed by atoms with Gasteiger partial charge in [-0.25, -0.2) is 0 Å². The molecule has 0 amide bonds. The maximum Gasteiger partial charge on any atom is 0.303 e. The van der Waals surface area contributed by atoms with Gasteiger partial charge in [0.25, 0.3) is 0 Å². The minimum Gasteiger partial charge on any atom is -0.463 e. The number of ether oxygens (including phenoxy) is 5. The number of hydrogen-bond acceptors (Lipinski definition) is 8. The second-order valence-corrected chi connectivity index (χ2v) is 7.14. The Bertz CT molecular complexity index is 680. The van der Waals surface area contributed by atoms with Gasteiger partial charge in [0.15, 0.2) is 12.2 Å². The van der Waals surface area contributed by atoms with Gasteiger partial charge in [-0.05, 0) is 5.56 Å². The molecule has 0 saturated carbocycles. The van der Waals surface area contributed by atoms with Crippen LogP contribution >= 0.6 is 15.9 Å². The molecule has 0 aliphatic carbocycles. The smallest absolute Gasteiger partial charge is 0.303 e. The van der Waals surface area contributed by atoms with Crippen LogP contribution in [-0.4, -0.2) is 53.9 Å². The Morgan fingerprint density at radius 3 is 2.11 bits per heavy atom. The average Bonchev–Trinajstić information content (AvgIpc) is 2.62. The fourth-order valence-electron chi connectivity index (χ4n) is 2.80. The van der Waals surface area contributed by atoms with E-state index in [-0.39, 0.29) is 13.2 Å². The van der Waals surface area contributed by atoms with Crippen molar-refractivity contribution < 1.29 is 38.1 Å². The lowest BCUT2D eigenvalue weighted by atomic mass is 9.99. The highest BCUT2D eigenvalue weighted by molar-refractivity contribution is 9.09. The fourth-order valence-corrected chi connectivity index (χ4v) is 3.53. The molecule has 1 aliphatic heterocycles. The van der Waals surface area contributed by atoms with E-state index < -0.39 is 47.3 Å². The average molecular weight is 459 g/mol. The molecule has 1 aromatic carbocycles. The van der Waals surface area contributed by atoms with E-state index in [1.54, 1.807) is 0 Å². The number of benzene rings is 1. The summed E-state index contributed by atoms with van der Waals surface area (Å²) in [6.07, 6.45) is -3.56. The van der Waals surface area contributed by atoms with Gasteiger partial charge < -0.3 is 23.7 Å². The minimum atomic E-state index is -1.00. The third kappa shape index (κ3) is 6.57. The van der Waals surface area contributed by atoms with E-state index in [4.69, 9.17) is 23.7 Å². The number of carbonyl (C=O) groups excluding carboxylic acids is 3. The molecule has 2 rings (SSSR count). The molecule has 0 N–H and O–H groups in total. The van der Waals surface area contributed by atoms with Crippen LogP contribution in [0.3, 0.4) is 0 Å². The Kier molecular flexibility index (Phi) is 8.40. The van der Waals surface area contributed by atoms with Crippen molar-refractivity contribution in [1.29, 1.82) is 0 Å². The van der Waals surface area contributed by atoms with Gasteiger partial charge >= 0.3 is 17.9 Å². The maximum absolute atomic E-state index is 11.7. The first-order valence-corrected chi connectivity index (χ1v) is 9.62. The Morgan fingerprint density at radius 2 is 1.54 bits per heavy atom. The molecule has 1 aliphatic rings. The van der Waals surface area contributed by atoms with Crippen molar-refractivity contribution in [3.8, 4) is 0 Å². The van der Waals surface area contributed by atoms with Crippen molar-refractivity contribution in [2.75, 3.05) is 6.61 Å². The Hall–Kier alpha value is -1.97. The van der Waals surface area contributed by atoms with Crippen LogP contribution in [0.5, 0.6) is 0 Å². The summed E-state index contributed by atoms with van der Waals surface area (Å²) in [6.45, 7) is 3.80. The first kappa shape index (κ1) is 22.3. The number of esters is 3. The highest BCUT2D eigenvalue weighted by Gasteiger charge is 2.50. The summed E-state index contributed by atoms with van der Waals surface area (Å²) in [6, 6.07) is 9.42. The first-order valence-electron chi connectivity index (χ1n) is 8.70. The van der Waals surface area contributed by atoms with Crippen LogP contribution in [0.1, 0.15) is 26.3 Å². The van der Waals surface area contributed by atoms with Gasteiger partial charge in [-0.2, -0.15) is 0 Å². The standard InChI is InChI=1S/C19H23BrO8/c1-11(21)24-10-15-16(26-12(2)22)17(27-13(3)23)18(19(20)28-15)25-9-14-7-5-4-6-8-14/h4-8,15-19H,9-10H2,1-3H3/t15-,16+,17+,18-,19?/m1/s1. The largest absolute Gasteiger partial charge is 0.463 e. The number of carbonyl (C=O) groups is 3. The van der Waals surface area contributed by atoms with Crippen LogP contribution in [-0.2, 0) is 44.7 Å². The number of halogens is 1. The van der Waals surface area contributed by atoms with Gasteiger partial charge in [-0.15, -0.1) is 0 Å². The SMILES string of the molecule is CC(=O)OC[C@H]1OC(Br)[C@H](OCc2ccccc2)[C@@H](OC(C)=O)[C@H]1OC(C)=O. The summed E-state index contributed by atoms with van der Waals surface area (Å²) in [4.78, 5) is 34.5. The molecule has 1 fully saturated rings. The molecule has 1 saturated heterocycles. The lowest BCUT2D eigenvalue weighted by molar-refractivity contribution is -0.240. The van der Waals surface area contributed by atoms with Crippen molar-refractivity contribution in [3.05, 3.63) is 35.9 Å². The number of hydrogen-bond donors (Lipinski definition) is 0. The van der Waals surface area contributed by atoms with Gasteiger partial charge in [-0.3, -0.25) is 14.4 Å². The van der Waals surface area contributed by atoms with Crippen LogP contribution in [0, 0.1) is 0 Å². The summed E-state index contributed by atoms with van der Waals surface area (Å²) >= 11 is 3.38. The Morgan fingerprint density at radius 1 is 0.929 bits per heavy atom. The Balaban J connectivity index is 2.22. The molecule has 154 valence electrons. The highest BCUT2D eigenvalue weighted by atomic mass is 79.9. The lowest BCUT2D eigenvalue weighted by Crippen LogP contribution is -2.60. The first-order chi connectivity index (χ1) is 13.3. The highest BCUT2D eigenvalue weighted by Crippen LogP contribution is 2.32. The minimum absolute atomic E-state index is 0.168. The predicted molar refractivity (Wildman–Crippen MR) is 100 cm³/mol. The molecule has 0 spiro atoms. The summed E-state index contributed by atoms with van der Waals surface area (Å²) in [5.74, 6) is -1.67. The topological polar surface area (TPSA) is 97.4 Å². The van der Waals surface area contributed by atoms with E-state index in [0.29, 0.717) is 0 Å². The molecule has 1 aromatic rings. The lowest BCUT2D eigenvalue weighted by Gasteiger charge is -2.43. The van der Waals surface area contributed by atoms with Crippen molar-refractivity contribution in [1.82, 2.24) is 0 Å². The molecule has 1 unspecified atom stereocenters. The van der Waals surface area contributed by atoms with Crippen LogP contribution in [0.2, 0.25) is 0 Å². The van der Waals surface area contributed by atoms with E-state index in [1.165, 1.54) is 20.8 Å². The van der Waals surface area contributed by atoms with Crippen molar-refractivity contribution in [2.45, 2.75) is 56.8 Å². The van der Waals surface area contributed by atoms with E-state index in [2.05, 4.69) is 15.9 Å². The molecule has 0 bridgehead atoms. The molecular formula is C19H23BrO8. The van der Waals surface area contributed by atoms with Gasteiger partial charge in [-0.1, -0.05) is 46.3 Å². The van der Waals surface area contributed by atoms with Crippen LogP contribution in [0.25, 0.3) is 0 Å². The Labute approximate surface area is 171 Å².